The molecular formula is C12H14Br2ClNO2. The predicted octanol–water partition coefficient (Wildman–Crippen LogP) is 3.23. The number of halogens is 3. The molecule has 2 atom stereocenters. The molecule has 2 aliphatic rings. The third kappa shape index (κ3) is 2.20. The molecule has 1 aromatic rings. The van der Waals surface area contributed by atoms with Crippen molar-refractivity contribution in [1.82, 2.24) is 5.32 Å². The third-order valence-electron chi connectivity index (χ3n) is 3.49. The minimum absolute atomic E-state index is 0. The van der Waals surface area contributed by atoms with E-state index in [2.05, 4.69) is 43.2 Å². The van der Waals surface area contributed by atoms with Crippen LogP contribution in [-0.2, 0) is 11.3 Å². The standard InChI is InChI=1S/C12H13Br2NO2.ClH/c1-16-12-8(13)2-6-5-17-9-4-15-3-7(9)10(6)11(12)14;/h2,7,9,15H,3-5H2,1H3;1H/t7-,9+;/m0./s1. The van der Waals surface area contributed by atoms with Gasteiger partial charge in [-0.2, -0.15) is 0 Å². The lowest BCUT2D eigenvalue weighted by Gasteiger charge is -2.30. The van der Waals surface area contributed by atoms with Gasteiger partial charge in [0, 0.05) is 19.0 Å². The van der Waals surface area contributed by atoms with Gasteiger partial charge in [-0.3, -0.25) is 0 Å². The molecule has 1 N–H and O–H groups in total. The van der Waals surface area contributed by atoms with Crippen LogP contribution in [0.2, 0.25) is 0 Å². The van der Waals surface area contributed by atoms with Gasteiger partial charge in [-0.1, -0.05) is 0 Å². The molecule has 2 aliphatic heterocycles. The molecule has 3 nitrogen and oxygen atoms in total. The summed E-state index contributed by atoms with van der Waals surface area (Å²) < 4.78 is 13.3. The van der Waals surface area contributed by atoms with Crippen LogP contribution in [0.5, 0.6) is 5.75 Å². The number of hydrogen-bond acceptors (Lipinski definition) is 3. The maximum atomic E-state index is 5.87. The molecule has 0 unspecified atom stereocenters. The highest BCUT2D eigenvalue weighted by molar-refractivity contribution is 9.11. The number of nitrogens with one attached hydrogen (secondary N) is 1. The van der Waals surface area contributed by atoms with Crippen LogP contribution in [0.25, 0.3) is 0 Å². The van der Waals surface area contributed by atoms with E-state index in [1.165, 1.54) is 11.1 Å². The average molecular weight is 400 g/mol. The predicted molar refractivity (Wildman–Crippen MR) is 79.8 cm³/mol. The monoisotopic (exact) mass is 397 g/mol. The van der Waals surface area contributed by atoms with E-state index in [9.17, 15) is 0 Å². The minimum atomic E-state index is 0. The van der Waals surface area contributed by atoms with E-state index in [1.54, 1.807) is 7.11 Å². The van der Waals surface area contributed by atoms with E-state index in [1.807, 2.05) is 0 Å². The Labute approximate surface area is 129 Å². The zero-order valence-corrected chi connectivity index (χ0v) is 13.8. The van der Waals surface area contributed by atoms with Gasteiger partial charge in [-0.25, -0.2) is 0 Å². The van der Waals surface area contributed by atoms with Crippen LogP contribution >= 0.6 is 44.3 Å². The Morgan fingerprint density at radius 2 is 2.17 bits per heavy atom. The maximum Gasteiger partial charge on any atom is 0.147 e. The number of rotatable bonds is 1. The lowest BCUT2D eigenvalue weighted by Crippen LogP contribution is -2.27. The zero-order valence-electron chi connectivity index (χ0n) is 9.83. The highest BCUT2D eigenvalue weighted by Crippen LogP contribution is 2.45. The normalized spacial score (nSPS) is 25.1. The van der Waals surface area contributed by atoms with Crippen molar-refractivity contribution < 1.29 is 9.47 Å². The van der Waals surface area contributed by atoms with Crippen LogP contribution < -0.4 is 10.1 Å². The number of fused-ring (bicyclic) bond motifs is 3. The Bertz CT molecular complexity index is 470. The van der Waals surface area contributed by atoms with Gasteiger partial charge < -0.3 is 14.8 Å². The maximum absolute atomic E-state index is 5.87. The smallest absolute Gasteiger partial charge is 0.147 e. The fourth-order valence-corrected chi connectivity index (χ4v) is 4.51. The molecular weight excluding hydrogens is 385 g/mol. The first-order valence-electron chi connectivity index (χ1n) is 5.59. The van der Waals surface area contributed by atoms with Gasteiger partial charge >= 0.3 is 0 Å². The highest BCUT2D eigenvalue weighted by atomic mass is 79.9. The van der Waals surface area contributed by atoms with Crippen molar-refractivity contribution in [2.75, 3.05) is 20.2 Å². The Hall–Kier alpha value is 0.190. The van der Waals surface area contributed by atoms with E-state index in [0.717, 1.165) is 27.8 Å². The zero-order chi connectivity index (χ0) is 12.0. The van der Waals surface area contributed by atoms with Crippen molar-refractivity contribution in [2.45, 2.75) is 18.6 Å². The molecule has 100 valence electrons. The fraction of sp³-hybridized carbons (Fsp3) is 0.500. The number of ether oxygens (including phenoxy) is 2. The highest BCUT2D eigenvalue weighted by Gasteiger charge is 2.37. The summed E-state index contributed by atoms with van der Waals surface area (Å²) in [5, 5.41) is 3.39. The van der Waals surface area contributed by atoms with Crippen LogP contribution in [0, 0.1) is 0 Å². The molecule has 1 fully saturated rings. The number of methoxy groups -OCH3 is 1. The van der Waals surface area contributed by atoms with Crippen molar-refractivity contribution in [3.8, 4) is 5.75 Å². The lowest BCUT2D eigenvalue weighted by molar-refractivity contribution is 0.0295. The molecule has 0 saturated carbocycles. The first kappa shape index (κ1) is 14.6. The van der Waals surface area contributed by atoms with Crippen molar-refractivity contribution in [3.63, 3.8) is 0 Å². The molecule has 0 bridgehead atoms. The summed E-state index contributed by atoms with van der Waals surface area (Å²) in [7, 11) is 1.70. The number of hydrogen-bond donors (Lipinski definition) is 1. The number of benzene rings is 1. The first-order valence-corrected chi connectivity index (χ1v) is 7.18. The molecule has 6 heteroatoms. The molecule has 0 aliphatic carbocycles. The summed E-state index contributed by atoms with van der Waals surface area (Å²) in [6.45, 7) is 2.59. The summed E-state index contributed by atoms with van der Waals surface area (Å²) in [6.07, 6.45) is 0.296. The largest absolute Gasteiger partial charge is 0.494 e. The average Bonchev–Trinajstić information content (AvgIpc) is 2.76. The first-order chi connectivity index (χ1) is 8.22. The third-order valence-corrected chi connectivity index (χ3v) is 4.86. The van der Waals surface area contributed by atoms with Gasteiger partial charge in [0.15, 0.2) is 0 Å². The molecule has 1 aromatic carbocycles. The van der Waals surface area contributed by atoms with Crippen molar-refractivity contribution in [2.24, 2.45) is 0 Å². The summed E-state index contributed by atoms with van der Waals surface area (Å²) in [5.74, 6) is 1.30. The molecule has 0 amide bonds. The Kier molecular flexibility index (Phi) is 4.60. The SMILES string of the molecule is COc1c(Br)cc2c(c1Br)[C@H]1CNC[C@H]1OC2.Cl. The van der Waals surface area contributed by atoms with E-state index in [-0.39, 0.29) is 12.4 Å². The minimum Gasteiger partial charge on any atom is -0.494 e. The van der Waals surface area contributed by atoms with Crippen molar-refractivity contribution in [1.29, 1.82) is 0 Å². The van der Waals surface area contributed by atoms with Gasteiger partial charge in [0.05, 0.1) is 28.8 Å². The van der Waals surface area contributed by atoms with E-state index < -0.39 is 0 Å². The second-order valence-corrected chi connectivity index (χ2v) is 6.04. The van der Waals surface area contributed by atoms with Crippen LogP contribution in [0.4, 0.5) is 0 Å². The van der Waals surface area contributed by atoms with Crippen LogP contribution in [0.3, 0.4) is 0 Å². The Morgan fingerprint density at radius 1 is 1.39 bits per heavy atom. The molecule has 0 radical (unpaired) electrons. The molecule has 3 rings (SSSR count). The second-order valence-electron chi connectivity index (χ2n) is 4.39. The quantitative estimate of drug-likeness (QED) is 0.787. The van der Waals surface area contributed by atoms with Crippen LogP contribution in [-0.4, -0.2) is 26.3 Å². The fourth-order valence-electron chi connectivity index (χ4n) is 2.69. The molecule has 0 spiro atoms. The van der Waals surface area contributed by atoms with Gasteiger partial charge in [-0.15, -0.1) is 12.4 Å². The van der Waals surface area contributed by atoms with Gasteiger partial charge in [0.1, 0.15) is 5.75 Å². The topological polar surface area (TPSA) is 30.5 Å². The Balaban J connectivity index is 0.00000120. The summed E-state index contributed by atoms with van der Waals surface area (Å²) in [4.78, 5) is 0. The van der Waals surface area contributed by atoms with Gasteiger partial charge in [0.25, 0.3) is 0 Å². The van der Waals surface area contributed by atoms with E-state index >= 15 is 0 Å². The molecule has 0 aromatic heterocycles. The van der Waals surface area contributed by atoms with Gasteiger partial charge in [-0.05, 0) is 49.1 Å². The van der Waals surface area contributed by atoms with Crippen LogP contribution in [0.15, 0.2) is 15.0 Å². The van der Waals surface area contributed by atoms with E-state index in [4.69, 9.17) is 9.47 Å². The van der Waals surface area contributed by atoms with E-state index in [0.29, 0.717) is 18.6 Å². The summed E-state index contributed by atoms with van der Waals surface area (Å²) in [5.41, 5.74) is 2.58. The lowest BCUT2D eigenvalue weighted by atomic mass is 9.89. The molecule has 1 saturated heterocycles. The second kappa shape index (κ2) is 5.67. The van der Waals surface area contributed by atoms with Crippen molar-refractivity contribution >= 4 is 44.3 Å². The summed E-state index contributed by atoms with van der Waals surface area (Å²) in [6, 6.07) is 2.10. The van der Waals surface area contributed by atoms with Gasteiger partial charge in [0.2, 0.25) is 0 Å². The molecule has 18 heavy (non-hydrogen) atoms. The van der Waals surface area contributed by atoms with Crippen LogP contribution in [0.1, 0.15) is 17.0 Å². The molecule has 2 heterocycles. The summed E-state index contributed by atoms with van der Waals surface area (Å²) >= 11 is 7.21. The Morgan fingerprint density at radius 3 is 2.89 bits per heavy atom. The van der Waals surface area contributed by atoms with Crippen molar-refractivity contribution in [3.05, 3.63) is 26.1 Å².